The molecule has 15 heavy (non-hydrogen) atoms. The third-order valence-corrected chi connectivity index (χ3v) is 4.09. The van der Waals surface area contributed by atoms with Gasteiger partial charge in [0.25, 0.3) is 0 Å². The lowest BCUT2D eigenvalue weighted by Crippen LogP contribution is -2.19. The molecule has 2 rings (SSSR count). The number of carbonyl (C=O) groups is 1. The SMILES string of the molecule is Cn1cc(SC2CCCC2C(=O)O)cn1. The fraction of sp³-hybridized carbons (Fsp3) is 0.600. The Morgan fingerprint density at radius 2 is 2.47 bits per heavy atom. The van der Waals surface area contributed by atoms with Crippen molar-refractivity contribution in [3.8, 4) is 0 Å². The Kier molecular flexibility index (Phi) is 3.00. The Labute approximate surface area is 92.7 Å². The molecule has 0 bridgehead atoms. The summed E-state index contributed by atoms with van der Waals surface area (Å²) >= 11 is 1.64. The number of thioether (sulfide) groups is 1. The van der Waals surface area contributed by atoms with Gasteiger partial charge < -0.3 is 5.11 Å². The van der Waals surface area contributed by atoms with Crippen molar-refractivity contribution in [3.05, 3.63) is 12.4 Å². The molecule has 1 heterocycles. The van der Waals surface area contributed by atoms with Crippen LogP contribution in [0, 0.1) is 5.92 Å². The van der Waals surface area contributed by atoms with E-state index in [2.05, 4.69) is 5.10 Å². The predicted molar refractivity (Wildman–Crippen MR) is 57.8 cm³/mol. The van der Waals surface area contributed by atoms with Crippen LogP contribution < -0.4 is 0 Å². The van der Waals surface area contributed by atoms with Crippen LogP contribution in [0.25, 0.3) is 0 Å². The minimum atomic E-state index is -0.658. The summed E-state index contributed by atoms with van der Waals surface area (Å²) in [5.41, 5.74) is 0. The molecule has 0 aliphatic heterocycles. The van der Waals surface area contributed by atoms with E-state index in [0.29, 0.717) is 0 Å². The Morgan fingerprint density at radius 1 is 1.67 bits per heavy atom. The molecular weight excluding hydrogens is 212 g/mol. The zero-order chi connectivity index (χ0) is 10.8. The van der Waals surface area contributed by atoms with Crippen LogP contribution in [0.15, 0.2) is 17.3 Å². The standard InChI is InChI=1S/C10H14N2O2S/c1-12-6-7(5-11-12)15-9-4-2-3-8(9)10(13)14/h5-6,8-9H,2-4H2,1H3,(H,13,14). The van der Waals surface area contributed by atoms with Crippen LogP contribution in [-0.4, -0.2) is 26.1 Å². The van der Waals surface area contributed by atoms with Crippen molar-refractivity contribution in [2.75, 3.05) is 0 Å². The van der Waals surface area contributed by atoms with Gasteiger partial charge in [-0.15, -0.1) is 11.8 Å². The van der Waals surface area contributed by atoms with Crippen molar-refractivity contribution < 1.29 is 9.90 Å². The Bertz CT molecular complexity index is 364. The molecule has 1 saturated carbocycles. The summed E-state index contributed by atoms with van der Waals surface area (Å²) in [6.45, 7) is 0. The highest BCUT2D eigenvalue weighted by atomic mass is 32.2. The highest BCUT2D eigenvalue weighted by Crippen LogP contribution is 2.38. The first-order valence-corrected chi connectivity index (χ1v) is 5.93. The number of carboxylic acids is 1. The van der Waals surface area contributed by atoms with Crippen LogP contribution in [0.1, 0.15) is 19.3 Å². The summed E-state index contributed by atoms with van der Waals surface area (Å²) in [4.78, 5) is 12.0. The lowest BCUT2D eigenvalue weighted by atomic mass is 10.1. The van der Waals surface area contributed by atoms with Gasteiger partial charge in [-0.2, -0.15) is 5.10 Å². The average molecular weight is 226 g/mol. The smallest absolute Gasteiger partial charge is 0.307 e. The molecule has 0 saturated heterocycles. The molecule has 1 fully saturated rings. The molecule has 1 aliphatic rings. The van der Waals surface area contributed by atoms with E-state index < -0.39 is 5.97 Å². The highest BCUT2D eigenvalue weighted by molar-refractivity contribution is 8.00. The fourth-order valence-electron chi connectivity index (χ4n) is 1.98. The second kappa shape index (κ2) is 4.26. The van der Waals surface area contributed by atoms with Gasteiger partial charge in [0, 0.05) is 23.4 Å². The van der Waals surface area contributed by atoms with E-state index in [1.165, 1.54) is 0 Å². The van der Waals surface area contributed by atoms with Crippen LogP contribution in [0.5, 0.6) is 0 Å². The van der Waals surface area contributed by atoms with Crippen LogP contribution in [0.3, 0.4) is 0 Å². The molecule has 2 atom stereocenters. The minimum absolute atomic E-state index is 0.185. The highest BCUT2D eigenvalue weighted by Gasteiger charge is 2.33. The molecule has 1 aliphatic carbocycles. The molecule has 0 radical (unpaired) electrons. The maximum absolute atomic E-state index is 11.0. The van der Waals surface area contributed by atoms with E-state index in [-0.39, 0.29) is 11.2 Å². The van der Waals surface area contributed by atoms with Gasteiger partial charge in [0.15, 0.2) is 0 Å². The van der Waals surface area contributed by atoms with Gasteiger partial charge in [0.05, 0.1) is 12.1 Å². The summed E-state index contributed by atoms with van der Waals surface area (Å²) in [6, 6.07) is 0. The number of hydrogen-bond donors (Lipinski definition) is 1. The molecule has 4 nitrogen and oxygen atoms in total. The molecule has 82 valence electrons. The van der Waals surface area contributed by atoms with Crippen LogP contribution in [0.2, 0.25) is 0 Å². The molecule has 5 heteroatoms. The van der Waals surface area contributed by atoms with Crippen LogP contribution in [0.4, 0.5) is 0 Å². The number of hydrogen-bond acceptors (Lipinski definition) is 3. The van der Waals surface area contributed by atoms with E-state index in [1.807, 2.05) is 13.2 Å². The monoisotopic (exact) mass is 226 g/mol. The zero-order valence-corrected chi connectivity index (χ0v) is 9.41. The third-order valence-electron chi connectivity index (χ3n) is 2.74. The van der Waals surface area contributed by atoms with E-state index in [0.717, 1.165) is 24.2 Å². The predicted octanol–water partition coefficient (Wildman–Crippen LogP) is 1.77. The molecule has 2 unspecified atom stereocenters. The minimum Gasteiger partial charge on any atom is -0.481 e. The second-order valence-corrected chi connectivity index (χ2v) is 5.19. The fourth-order valence-corrected chi connectivity index (χ4v) is 3.36. The van der Waals surface area contributed by atoms with Gasteiger partial charge in [-0.05, 0) is 12.8 Å². The van der Waals surface area contributed by atoms with Crippen molar-refractivity contribution in [2.45, 2.75) is 29.4 Å². The summed E-state index contributed by atoms with van der Waals surface area (Å²) < 4.78 is 1.74. The first kappa shape index (κ1) is 10.5. The molecule has 1 aromatic heterocycles. The third kappa shape index (κ3) is 2.34. The second-order valence-electron chi connectivity index (χ2n) is 3.88. The molecule has 1 N–H and O–H groups in total. The zero-order valence-electron chi connectivity index (χ0n) is 8.59. The molecular formula is C10H14N2O2S. The van der Waals surface area contributed by atoms with E-state index >= 15 is 0 Å². The summed E-state index contributed by atoms with van der Waals surface area (Å²) in [5, 5.41) is 13.3. The number of rotatable bonds is 3. The van der Waals surface area contributed by atoms with Crippen molar-refractivity contribution in [2.24, 2.45) is 13.0 Å². The first-order valence-electron chi connectivity index (χ1n) is 5.05. The summed E-state index contributed by atoms with van der Waals surface area (Å²) in [6.07, 6.45) is 6.56. The summed E-state index contributed by atoms with van der Waals surface area (Å²) in [5.74, 6) is -0.843. The first-order chi connectivity index (χ1) is 7.16. The van der Waals surface area contributed by atoms with Gasteiger partial charge >= 0.3 is 5.97 Å². The number of aromatic nitrogens is 2. The van der Waals surface area contributed by atoms with Gasteiger partial charge in [0.1, 0.15) is 0 Å². The lowest BCUT2D eigenvalue weighted by Gasteiger charge is -2.13. The molecule has 1 aromatic rings. The number of nitrogens with zero attached hydrogens (tertiary/aromatic N) is 2. The number of aliphatic carboxylic acids is 1. The van der Waals surface area contributed by atoms with Crippen molar-refractivity contribution in [3.63, 3.8) is 0 Å². The van der Waals surface area contributed by atoms with E-state index in [1.54, 1.807) is 22.6 Å². The normalized spacial score (nSPS) is 25.7. The van der Waals surface area contributed by atoms with Gasteiger partial charge in [-0.1, -0.05) is 6.42 Å². The van der Waals surface area contributed by atoms with Crippen molar-refractivity contribution in [1.29, 1.82) is 0 Å². The van der Waals surface area contributed by atoms with Crippen molar-refractivity contribution in [1.82, 2.24) is 9.78 Å². The molecule has 0 aromatic carbocycles. The quantitative estimate of drug-likeness (QED) is 0.853. The average Bonchev–Trinajstić information content (AvgIpc) is 2.75. The van der Waals surface area contributed by atoms with E-state index in [9.17, 15) is 4.79 Å². The topological polar surface area (TPSA) is 55.1 Å². The number of carboxylic acid groups (broad SMARTS) is 1. The van der Waals surface area contributed by atoms with Crippen LogP contribution in [-0.2, 0) is 11.8 Å². The van der Waals surface area contributed by atoms with Gasteiger partial charge in [-0.25, -0.2) is 0 Å². The Morgan fingerprint density at radius 3 is 3.07 bits per heavy atom. The Balaban J connectivity index is 2.02. The molecule has 0 amide bonds. The maximum Gasteiger partial charge on any atom is 0.307 e. The summed E-state index contributed by atoms with van der Waals surface area (Å²) in [7, 11) is 1.87. The van der Waals surface area contributed by atoms with Gasteiger partial charge in [-0.3, -0.25) is 9.48 Å². The molecule has 0 spiro atoms. The van der Waals surface area contributed by atoms with E-state index in [4.69, 9.17) is 5.11 Å². The Hall–Kier alpha value is -0.970. The lowest BCUT2D eigenvalue weighted by molar-refractivity contribution is -0.141. The van der Waals surface area contributed by atoms with Crippen LogP contribution >= 0.6 is 11.8 Å². The van der Waals surface area contributed by atoms with Gasteiger partial charge in [0.2, 0.25) is 0 Å². The maximum atomic E-state index is 11.0. The number of aryl methyl sites for hydroxylation is 1. The van der Waals surface area contributed by atoms with Crippen molar-refractivity contribution >= 4 is 17.7 Å². The largest absolute Gasteiger partial charge is 0.481 e.